The van der Waals surface area contributed by atoms with E-state index in [1.807, 2.05) is 12.3 Å². The topological polar surface area (TPSA) is 92.6 Å². The van der Waals surface area contributed by atoms with Gasteiger partial charge in [0.05, 0.1) is 13.2 Å². The molecule has 1 atom stereocenters. The van der Waals surface area contributed by atoms with E-state index in [-0.39, 0.29) is 12.5 Å². The average Bonchev–Trinajstić information content (AvgIpc) is 2.69. The molecule has 1 aromatic rings. The summed E-state index contributed by atoms with van der Waals surface area (Å²) in [6, 6.07) is 6.96. The quantitative estimate of drug-likeness (QED) is 0.261. The summed E-state index contributed by atoms with van der Waals surface area (Å²) in [4.78, 5) is 12.2. The zero-order valence-corrected chi connectivity index (χ0v) is 17.7. The van der Waals surface area contributed by atoms with Crippen molar-refractivity contribution in [1.82, 2.24) is 10.6 Å². The second-order valence-electron chi connectivity index (χ2n) is 6.43. The number of benzene rings is 1. The number of nitrogens with one attached hydrogen (secondary N) is 2. The van der Waals surface area contributed by atoms with Gasteiger partial charge in [-0.3, -0.25) is 4.79 Å². The maximum Gasteiger partial charge on any atom is 0.251 e. The number of carbonyl (C=O) groups excluding carboxylic acids is 1. The SMILES string of the molecule is CCNCCNC(=O)c1cccc(OCC(OCCOCC(C)C)SC#N)c1. The molecule has 2 N–H and O–H groups in total. The number of amides is 1. The molecule has 0 saturated heterocycles. The van der Waals surface area contributed by atoms with Gasteiger partial charge in [-0.1, -0.05) is 26.8 Å². The Morgan fingerprint density at radius 3 is 2.79 bits per heavy atom. The molecule has 8 heteroatoms. The third-order valence-electron chi connectivity index (χ3n) is 3.49. The number of rotatable bonds is 15. The third kappa shape index (κ3) is 11.1. The van der Waals surface area contributed by atoms with Crippen molar-refractivity contribution < 1.29 is 19.0 Å². The van der Waals surface area contributed by atoms with Crippen molar-refractivity contribution in [2.75, 3.05) is 46.1 Å². The molecule has 0 aliphatic heterocycles. The zero-order valence-electron chi connectivity index (χ0n) is 16.9. The molecule has 0 aliphatic carbocycles. The van der Waals surface area contributed by atoms with Gasteiger partial charge in [-0.15, -0.1) is 0 Å². The summed E-state index contributed by atoms with van der Waals surface area (Å²) >= 11 is 1.00. The van der Waals surface area contributed by atoms with Crippen LogP contribution in [0.4, 0.5) is 0 Å². The minimum Gasteiger partial charge on any atom is -0.490 e. The van der Waals surface area contributed by atoms with Gasteiger partial charge in [0.1, 0.15) is 17.8 Å². The Morgan fingerprint density at radius 2 is 2.07 bits per heavy atom. The Labute approximate surface area is 172 Å². The first-order valence-corrected chi connectivity index (χ1v) is 10.4. The number of thioether (sulfide) groups is 1. The summed E-state index contributed by atoms with van der Waals surface area (Å²) < 4.78 is 16.8. The van der Waals surface area contributed by atoms with E-state index in [2.05, 4.69) is 24.5 Å². The van der Waals surface area contributed by atoms with E-state index in [1.165, 1.54) is 0 Å². The van der Waals surface area contributed by atoms with E-state index >= 15 is 0 Å². The fourth-order valence-corrected chi connectivity index (χ4v) is 2.59. The van der Waals surface area contributed by atoms with E-state index < -0.39 is 5.44 Å². The highest BCUT2D eigenvalue weighted by Gasteiger charge is 2.12. The Morgan fingerprint density at radius 1 is 1.25 bits per heavy atom. The van der Waals surface area contributed by atoms with Crippen molar-refractivity contribution in [3.8, 4) is 11.2 Å². The van der Waals surface area contributed by atoms with Crippen LogP contribution in [0.3, 0.4) is 0 Å². The van der Waals surface area contributed by atoms with E-state index in [0.29, 0.717) is 43.6 Å². The van der Waals surface area contributed by atoms with Crippen molar-refractivity contribution >= 4 is 17.7 Å². The highest BCUT2D eigenvalue weighted by atomic mass is 32.2. The summed E-state index contributed by atoms with van der Waals surface area (Å²) in [6.07, 6.45) is 0. The van der Waals surface area contributed by atoms with E-state index in [4.69, 9.17) is 19.5 Å². The third-order valence-corrected chi connectivity index (χ3v) is 4.13. The molecule has 28 heavy (non-hydrogen) atoms. The molecule has 1 unspecified atom stereocenters. The molecule has 1 rings (SSSR count). The number of likely N-dealkylation sites (N-methyl/N-ethyl adjacent to an activating group) is 1. The van der Waals surface area contributed by atoms with E-state index in [9.17, 15) is 4.79 Å². The summed E-state index contributed by atoms with van der Waals surface area (Å²) in [6.45, 7) is 10.1. The molecular weight excluding hydrogens is 378 g/mol. The van der Waals surface area contributed by atoms with Gasteiger partial charge < -0.3 is 24.8 Å². The summed E-state index contributed by atoms with van der Waals surface area (Å²) in [5.41, 5.74) is 0.103. The van der Waals surface area contributed by atoms with Crippen molar-refractivity contribution in [2.45, 2.75) is 26.2 Å². The second-order valence-corrected chi connectivity index (χ2v) is 7.37. The van der Waals surface area contributed by atoms with Gasteiger partial charge in [0.15, 0.2) is 5.44 Å². The highest BCUT2D eigenvalue weighted by molar-refractivity contribution is 8.04. The molecular formula is C20H31N3O4S. The van der Waals surface area contributed by atoms with Crippen LogP contribution in [-0.4, -0.2) is 57.4 Å². The van der Waals surface area contributed by atoms with Crippen LogP contribution in [0.25, 0.3) is 0 Å². The lowest BCUT2D eigenvalue weighted by Gasteiger charge is -2.16. The van der Waals surface area contributed by atoms with Crippen LogP contribution in [0, 0.1) is 16.6 Å². The van der Waals surface area contributed by atoms with Crippen LogP contribution in [-0.2, 0) is 9.47 Å². The van der Waals surface area contributed by atoms with Crippen LogP contribution < -0.4 is 15.4 Å². The minimum absolute atomic E-state index is 0.148. The zero-order chi connectivity index (χ0) is 20.6. The fourth-order valence-electron chi connectivity index (χ4n) is 2.17. The normalized spacial score (nSPS) is 11.8. The van der Waals surface area contributed by atoms with Gasteiger partial charge in [0.25, 0.3) is 5.91 Å². The summed E-state index contributed by atoms with van der Waals surface area (Å²) in [7, 11) is 0. The molecule has 1 aromatic carbocycles. The largest absolute Gasteiger partial charge is 0.490 e. The minimum atomic E-state index is -0.426. The molecule has 7 nitrogen and oxygen atoms in total. The van der Waals surface area contributed by atoms with Crippen LogP contribution in [0.15, 0.2) is 24.3 Å². The van der Waals surface area contributed by atoms with Crippen molar-refractivity contribution in [1.29, 1.82) is 5.26 Å². The molecule has 0 aliphatic rings. The predicted molar refractivity (Wildman–Crippen MR) is 111 cm³/mol. The van der Waals surface area contributed by atoms with Crippen molar-refractivity contribution in [2.24, 2.45) is 5.92 Å². The smallest absolute Gasteiger partial charge is 0.251 e. The molecule has 0 bridgehead atoms. The van der Waals surface area contributed by atoms with E-state index in [1.54, 1.807) is 24.3 Å². The van der Waals surface area contributed by atoms with Gasteiger partial charge in [-0.2, -0.15) is 5.26 Å². The van der Waals surface area contributed by atoms with Crippen molar-refractivity contribution in [3.05, 3.63) is 29.8 Å². The van der Waals surface area contributed by atoms with Gasteiger partial charge in [0, 0.05) is 25.3 Å². The second kappa shape index (κ2) is 15.2. The van der Waals surface area contributed by atoms with Gasteiger partial charge >= 0.3 is 0 Å². The number of nitrogens with zero attached hydrogens (tertiary/aromatic N) is 1. The van der Waals surface area contributed by atoms with Crippen LogP contribution in [0.2, 0.25) is 0 Å². The predicted octanol–water partition coefficient (Wildman–Crippen LogP) is 2.63. The number of carbonyl (C=O) groups is 1. The lowest BCUT2D eigenvalue weighted by molar-refractivity contribution is 0.0163. The summed E-state index contributed by atoms with van der Waals surface area (Å²) in [5.74, 6) is 0.882. The first-order chi connectivity index (χ1) is 13.6. The molecule has 0 fully saturated rings. The van der Waals surface area contributed by atoms with E-state index in [0.717, 1.165) is 24.9 Å². The first-order valence-electron chi connectivity index (χ1n) is 9.52. The van der Waals surface area contributed by atoms with Gasteiger partial charge in [0.2, 0.25) is 0 Å². The monoisotopic (exact) mass is 409 g/mol. The highest BCUT2D eigenvalue weighted by Crippen LogP contribution is 2.17. The molecule has 0 radical (unpaired) electrons. The molecule has 156 valence electrons. The molecule has 1 amide bonds. The van der Waals surface area contributed by atoms with Crippen LogP contribution in [0.1, 0.15) is 31.1 Å². The molecule has 0 heterocycles. The number of ether oxygens (including phenoxy) is 3. The maximum atomic E-state index is 12.2. The fraction of sp³-hybridized carbons (Fsp3) is 0.600. The standard InChI is InChI=1S/C20H31N3O4S/c1-4-22-8-9-23-20(24)17-6-5-7-18(12-17)27-14-19(28-15-21)26-11-10-25-13-16(2)3/h5-7,12,16,19,22H,4,8-11,13-14H2,1-3H3,(H,23,24). The Balaban J connectivity index is 2.43. The molecule has 0 spiro atoms. The summed E-state index contributed by atoms with van der Waals surface area (Å²) in [5, 5.41) is 17.0. The number of hydrogen-bond donors (Lipinski definition) is 2. The first kappa shape index (κ1) is 24.2. The Hall–Kier alpha value is -1.79. The van der Waals surface area contributed by atoms with Gasteiger partial charge in [-0.05, 0) is 42.4 Å². The molecule has 0 saturated carbocycles. The lowest BCUT2D eigenvalue weighted by Crippen LogP contribution is -2.31. The molecule has 0 aromatic heterocycles. The van der Waals surface area contributed by atoms with Crippen LogP contribution in [0.5, 0.6) is 5.75 Å². The Bertz CT molecular complexity index is 607. The lowest BCUT2D eigenvalue weighted by atomic mass is 10.2. The maximum absolute atomic E-state index is 12.2. The number of hydrogen-bond acceptors (Lipinski definition) is 7. The number of thiocyanates is 1. The van der Waals surface area contributed by atoms with Crippen LogP contribution >= 0.6 is 11.8 Å². The van der Waals surface area contributed by atoms with Gasteiger partial charge in [-0.25, -0.2) is 0 Å². The Kier molecular flexibility index (Phi) is 13.1. The average molecular weight is 410 g/mol. The number of nitriles is 1. The van der Waals surface area contributed by atoms with Crippen molar-refractivity contribution in [3.63, 3.8) is 0 Å².